The second-order valence-corrected chi connectivity index (χ2v) is 30.6. The van der Waals surface area contributed by atoms with E-state index in [9.17, 15) is 42.8 Å². The van der Waals surface area contributed by atoms with E-state index in [2.05, 4.69) is 66.4 Å². The largest absolute Gasteiger partial charge is 0.476 e. The molecule has 4 amide bonds. The number of aliphatic hydroxyl groups excluding tert-OH is 1. The van der Waals surface area contributed by atoms with Crippen molar-refractivity contribution in [3.05, 3.63) is 152 Å². The first-order valence-corrected chi connectivity index (χ1v) is 37.0. The van der Waals surface area contributed by atoms with Crippen molar-refractivity contribution < 1.29 is 61.3 Å². The molecule has 0 unspecified atom stereocenters. The maximum absolute atomic E-state index is 14.6. The molecule has 26 nitrogen and oxygen atoms in total. The molecule has 6 N–H and O–H groups in total. The summed E-state index contributed by atoms with van der Waals surface area (Å²) in [5, 5.41) is 33.5. The minimum atomic E-state index is -4.70. The molecule has 0 radical (unpaired) electrons. The van der Waals surface area contributed by atoms with Crippen LogP contribution >= 0.6 is 22.9 Å². The number of nitro benzene ring substituents is 1. The quantitative estimate of drug-likeness (QED) is 0.0151. The second-order valence-electron chi connectivity index (χ2n) is 27.6. The Morgan fingerprint density at radius 2 is 1.60 bits per heavy atom. The van der Waals surface area contributed by atoms with Gasteiger partial charge in [0.2, 0.25) is 23.6 Å². The van der Waals surface area contributed by atoms with Gasteiger partial charge < -0.3 is 64.4 Å². The van der Waals surface area contributed by atoms with Crippen LogP contribution in [0.4, 0.5) is 28.4 Å². The van der Waals surface area contributed by atoms with Crippen LogP contribution in [0, 0.1) is 22.5 Å². The van der Waals surface area contributed by atoms with E-state index in [0.29, 0.717) is 67.2 Å². The molecule has 0 spiro atoms. The Morgan fingerprint density at radius 1 is 0.882 bits per heavy atom. The van der Waals surface area contributed by atoms with Crippen LogP contribution in [0.1, 0.15) is 100 Å². The van der Waals surface area contributed by atoms with E-state index in [1.54, 1.807) is 29.1 Å². The molecule has 0 bridgehead atoms. The number of halogens is 1. The van der Waals surface area contributed by atoms with Gasteiger partial charge in [-0.05, 0) is 122 Å². The van der Waals surface area contributed by atoms with Crippen molar-refractivity contribution >= 4 is 102 Å². The Morgan fingerprint density at radius 3 is 2.30 bits per heavy atom. The van der Waals surface area contributed by atoms with Gasteiger partial charge in [-0.3, -0.25) is 34.2 Å². The molecule has 2 fully saturated rings. The van der Waals surface area contributed by atoms with E-state index in [-0.39, 0.29) is 88.5 Å². The van der Waals surface area contributed by atoms with E-state index < -0.39 is 72.8 Å². The Hall–Kier alpha value is -8.58. The summed E-state index contributed by atoms with van der Waals surface area (Å²) in [4.78, 5) is 88.2. The number of aromatic nitrogens is 3. The van der Waals surface area contributed by atoms with Gasteiger partial charge in [-0.1, -0.05) is 68.8 Å². The van der Waals surface area contributed by atoms with Gasteiger partial charge in [0.25, 0.3) is 21.6 Å². The molecule has 3 aromatic heterocycles. The SMILES string of the molecule is Cc1ncsc1-c1ccc([C@H](C)NC(=O)[C@@H]2C[C@@H](O)CN2C(=O)[C@@H](NC(=O)CCOCCOCCOCCNc2ccc(S(=O)(=O)NC(=O)c3ccc(N4CCN(CC5=C(c6ccc(Cl)cc6)CC(C)(C)OC5)CC4)cc3N3CCCOc4nc5[nH]ccc5cc43)cc2[N+](=O)[O-])C(C)(C)C)cc1. The number of β-amino-alcohol motifs (C(OH)–C–C–N with tert-alkyl or cyclic N) is 1. The second kappa shape index (κ2) is 32.8. The molecule has 7 aromatic rings. The topological polar surface area (TPSA) is 315 Å². The lowest BCUT2D eigenvalue weighted by atomic mass is 9.85. The van der Waals surface area contributed by atoms with Crippen LogP contribution in [0.25, 0.3) is 27.0 Å². The summed E-state index contributed by atoms with van der Waals surface area (Å²) in [6.07, 6.45) is 2.17. The minimum Gasteiger partial charge on any atom is -0.476 e. The highest BCUT2D eigenvalue weighted by Gasteiger charge is 2.45. The average Bonchev–Trinajstić information content (AvgIpc) is 1.29. The monoisotopic (exact) mass is 1460 g/mol. The number of hydrogen-bond donors (Lipinski definition) is 6. The van der Waals surface area contributed by atoms with Crippen LogP contribution < -0.4 is 35.2 Å². The number of sulfonamides is 1. The third-order valence-electron chi connectivity index (χ3n) is 18.6. The molecule has 4 aromatic carbocycles. The van der Waals surface area contributed by atoms with Gasteiger partial charge in [0.1, 0.15) is 29.1 Å². The number of likely N-dealkylation sites (tertiary alicyclic amines) is 1. The Balaban J connectivity index is 0.635. The van der Waals surface area contributed by atoms with Crippen molar-refractivity contribution in [2.75, 3.05) is 120 Å². The maximum Gasteiger partial charge on any atom is 0.293 e. The highest BCUT2D eigenvalue weighted by molar-refractivity contribution is 7.90. The number of piperazine rings is 1. The van der Waals surface area contributed by atoms with Crippen molar-refractivity contribution in [1.82, 2.24) is 40.1 Å². The Labute approximate surface area is 602 Å². The van der Waals surface area contributed by atoms with Gasteiger partial charge in [-0.2, -0.15) is 4.98 Å². The lowest BCUT2D eigenvalue weighted by Crippen LogP contribution is -2.58. The number of fused-ring (bicyclic) bond motifs is 2. The molecule has 0 saturated carbocycles. The van der Waals surface area contributed by atoms with Crippen molar-refractivity contribution in [3.63, 3.8) is 0 Å². The van der Waals surface area contributed by atoms with Gasteiger partial charge in [-0.15, -0.1) is 11.3 Å². The first-order valence-electron chi connectivity index (χ1n) is 34.3. The van der Waals surface area contributed by atoms with Crippen molar-refractivity contribution in [1.29, 1.82) is 0 Å². The third kappa shape index (κ3) is 18.4. The molecule has 102 heavy (non-hydrogen) atoms. The molecule has 11 rings (SSSR count). The number of aryl methyl sites for hydroxylation is 1. The average molecular weight is 1460 g/mol. The highest BCUT2D eigenvalue weighted by atomic mass is 35.5. The number of benzene rings is 4. The van der Waals surface area contributed by atoms with Gasteiger partial charge in [0.05, 0.1) is 108 Å². The van der Waals surface area contributed by atoms with E-state index >= 15 is 0 Å². The highest BCUT2D eigenvalue weighted by Crippen LogP contribution is 2.42. The fourth-order valence-electron chi connectivity index (χ4n) is 13.1. The zero-order chi connectivity index (χ0) is 72.5. The number of hydrogen-bond acceptors (Lipinski definition) is 21. The standard InChI is InChI=1S/C73H89ClN12O14S2/c1-46(48-9-11-50(12-10-48)65-47(2)77-45-101-65)78-69(90)62-39-55(87)43-85(62)71(91)66(72(3,4)5)79-64(88)22-31-96-33-35-98-36-34-97-32-24-75-59-20-18-56(40-61(59)86(92)93)102(94,95)81-68(89)57-19-17-54(38-60(57)84-25-8-30-99-70-63(84)37-51-21-23-76-67(51)80-70)83-28-26-82(27-29-83)42-52-44-100-73(6,7)41-58(52)49-13-15-53(74)16-14-49/h9-21,23,37-38,40,45-46,55,62,66,75,87H,8,22,24-36,39,41-44H2,1-7H3,(H,76,80)(H,78,90)(H,79,88)(H,81,89)/t46-,55+,62-,66+/m0/s1. The zero-order valence-electron chi connectivity index (χ0n) is 58.4. The summed E-state index contributed by atoms with van der Waals surface area (Å²) in [6.45, 7) is 19.2. The van der Waals surface area contributed by atoms with Crippen molar-refractivity contribution in [3.8, 4) is 16.3 Å². The number of ether oxygens (including phenoxy) is 5. The van der Waals surface area contributed by atoms with E-state index in [4.69, 9.17) is 40.3 Å². The minimum absolute atomic E-state index is 0.0286. The fourth-order valence-corrected chi connectivity index (χ4v) is 15.0. The number of carbonyl (C=O) groups is 4. The first-order chi connectivity index (χ1) is 48.8. The molecular weight excluding hydrogens is 1370 g/mol. The van der Waals surface area contributed by atoms with E-state index in [1.807, 2.05) is 100 Å². The Kier molecular flexibility index (Phi) is 24.0. The molecule has 544 valence electrons. The van der Waals surface area contributed by atoms with Crippen LogP contribution in [-0.4, -0.2) is 196 Å². The number of aromatic amines is 1. The predicted octanol–water partition coefficient (Wildman–Crippen LogP) is 9.59. The fraction of sp³-hybridized carbons (Fsp3) is 0.452. The van der Waals surface area contributed by atoms with Crippen LogP contribution in [0.5, 0.6) is 5.88 Å². The molecule has 4 aliphatic heterocycles. The third-order valence-corrected chi connectivity index (χ3v) is 21.2. The van der Waals surface area contributed by atoms with Gasteiger partial charge >= 0.3 is 0 Å². The van der Waals surface area contributed by atoms with E-state index in [1.165, 1.54) is 28.2 Å². The number of aliphatic hydroxyl groups is 1. The van der Waals surface area contributed by atoms with Crippen LogP contribution in [0.3, 0.4) is 0 Å². The number of thiazole rings is 1. The first kappa shape index (κ1) is 74.6. The van der Waals surface area contributed by atoms with Gasteiger partial charge in [0, 0.05) is 100.0 Å². The molecule has 2 saturated heterocycles. The number of H-pyrrole nitrogens is 1. The number of pyridine rings is 1. The Bertz CT molecular complexity index is 4310. The summed E-state index contributed by atoms with van der Waals surface area (Å²) in [7, 11) is -4.70. The van der Waals surface area contributed by atoms with E-state index in [0.717, 1.165) is 70.5 Å². The molecule has 4 atom stereocenters. The number of nitrogens with zero attached hydrogens (tertiary/aromatic N) is 7. The van der Waals surface area contributed by atoms with Crippen molar-refractivity contribution in [2.45, 2.75) is 109 Å². The predicted molar refractivity (Wildman–Crippen MR) is 391 cm³/mol. The number of nitrogens with one attached hydrogen (secondary N) is 5. The number of amides is 4. The molecule has 0 aliphatic carbocycles. The van der Waals surface area contributed by atoms with Crippen molar-refractivity contribution in [2.24, 2.45) is 5.41 Å². The summed E-state index contributed by atoms with van der Waals surface area (Å²) in [6, 6.07) is 26.0. The van der Waals surface area contributed by atoms with Crippen LogP contribution in [0.2, 0.25) is 5.02 Å². The zero-order valence-corrected chi connectivity index (χ0v) is 60.8. The molecule has 7 heterocycles. The molecule has 4 aliphatic rings. The molecule has 29 heteroatoms. The lowest BCUT2D eigenvalue weighted by Gasteiger charge is -2.39. The summed E-state index contributed by atoms with van der Waals surface area (Å²) < 4.78 is 60.0. The number of anilines is 4. The normalized spacial score (nSPS) is 17.9. The number of nitro groups is 1. The maximum atomic E-state index is 14.6. The van der Waals surface area contributed by atoms with Crippen LogP contribution in [-0.2, 0) is 43.4 Å². The van der Waals surface area contributed by atoms with Crippen LogP contribution in [0.15, 0.2) is 119 Å². The summed E-state index contributed by atoms with van der Waals surface area (Å²) in [5.74, 6) is -1.91. The number of rotatable bonds is 28. The number of carbonyl (C=O) groups excluding carboxylic acids is 4. The van der Waals surface area contributed by atoms with Gasteiger partial charge in [0.15, 0.2) is 0 Å². The summed E-state index contributed by atoms with van der Waals surface area (Å²) >= 11 is 7.83. The summed E-state index contributed by atoms with van der Waals surface area (Å²) in [5.41, 5.74) is 9.20. The smallest absolute Gasteiger partial charge is 0.293 e. The molecular formula is C73H89ClN12O14S2. The lowest BCUT2D eigenvalue weighted by molar-refractivity contribution is -0.384. The van der Waals surface area contributed by atoms with Gasteiger partial charge in [-0.25, -0.2) is 18.1 Å².